The zero-order valence-corrected chi connectivity index (χ0v) is 9.41. The summed E-state index contributed by atoms with van der Waals surface area (Å²) in [5.74, 6) is 0. The van der Waals surface area contributed by atoms with Crippen LogP contribution in [0.1, 0.15) is 16.5 Å². The normalized spacial score (nSPS) is 13.1. The zero-order chi connectivity index (χ0) is 11.0. The lowest BCUT2D eigenvalue weighted by molar-refractivity contribution is 0.562. The molecule has 0 radical (unpaired) electrons. The average Bonchev–Trinajstić information content (AvgIpc) is 2.97. The molecule has 3 aromatic rings. The molecule has 2 N–H and O–H groups in total. The number of benzene rings is 1. The van der Waals surface area contributed by atoms with Gasteiger partial charge in [0.2, 0.25) is 0 Å². The van der Waals surface area contributed by atoms with E-state index in [0.29, 0.717) is 0 Å². The van der Waals surface area contributed by atoms with Crippen LogP contribution in [0, 0.1) is 0 Å². The van der Waals surface area contributed by atoms with Crippen LogP contribution >= 0.6 is 11.3 Å². The lowest BCUT2D eigenvalue weighted by atomic mass is 10.1. The third-order valence-corrected chi connectivity index (χ3v) is 3.85. The van der Waals surface area contributed by atoms with Gasteiger partial charge in [-0.3, -0.25) is 0 Å². The van der Waals surface area contributed by atoms with Crippen LogP contribution in [0.3, 0.4) is 0 Å². The highest BCUT2D eigenvalue weighted by Gasteiger charge is 2.12. The molecule has 2 nitrogen and oxygen atoms in total. The molecular formula is C13H11NOS. The van der Waals surface area contributed by atoms with Crippen molar-refractivity contribution in [2.24, 2.45) is 5.73 Å². The summed E-state index contributed by atoms with van der Waals surface area (Å²) in [6.07, 6.45) is 3.36. The SMILES string of the molecule is NC(c1ccoc1)c1cc2ccccc2s1. The Morgan fingerprint density at radius 3 is 2.81 bits per heavy atom. The van der Waals surface area contributed by atoms with Crippen LogP contribution in [0.2, 0.25) is 0 Å². The van der Waals surface area contributed by atoms with Crippen molar-refractivity contribution in [1.82, 2.24) is 0 Å². The van der Waals surface area contributed by atoms with E-state index in [-0.39, 0.29) is 6.04 Å². The van der Waals surface area contributed by atoms with E-state index in [1.54, 1.807) is 23.9 Å². The fourth-order valence-electron chi connectivity index (χ4n) is 1.77. The molecule has 0 fully saturated rings. The van der Waals surface area contributed by atoms with Crippen molar-refractivity contribution in [1.29, 1.82) is 0 Å². The quantitative estimate of drug-likeness (QED) is 0.730. The van der Waals surface area contributed by atoms with Gasteiger partial charge in [-0.2, -0.15) is 0 Å². The fraction of sp³-hybridized carbons (Fsp3) is 0.0769. The van der Waals surface area contributed by atoms with Crippen LogP contribution in [-0.2, 0) is 0 Å². The summed E-state index contributed by atoms with van der Waals surface area (Å²) in [4.78, 5) is 1.17. The van der Waals surface area contributed by atoms with Gasteiger partial charge in [-0.25, -0.2) is 0 Å². The average molecular weight is 229 g/mol. The molecule has 0 saturated heterocycles. The van der Waals surface area contributed by atoms with E-state index in [9.17, 15) is 0 Å². The summed E-state index contributed by atoms with van der Waals surface area (Å²) in [6.45, 7) is 0. The number of furan rings is 1. The predicted octanol–water partition coefficient (Wildman–Crippen LogP) is 3.54. The van der Waals surface area contributed by atoms with Gasteiger partial charge < -0.3 is 10.2 Å². The summed E-state index contributed by atoms with van der Waals surface area (Å²) in [5.41, 5.74) is 7.19. The molecule has 16 heavy (non-hydrogen) atoms. The van der Waals surface area contributed by atoms with Crippen molar-refractivity contribution in [3.8, 4) is 0 Å². The minimum absolute atomic E-state index is 0.0869. The van der Waals surface area contributed by atoms with Crippen LogP contribution in [0.4, 0.5) is 0 Å². The Bertz CT molecular complexity index is 564. The second kappa shape index (κ2) is 3.77. The summed E-state index contributed by atoms with van der Waals surface area (Å²) < 4.78 is 6.33. The molecule has 2 aromatic heterocycles. The summed E-state index contributed by atoms with van der Waals surface area (Å²) in [5, 5.41) is 1.25. The van der Waals surface area contributed by atoms with Crippen molar-refractivity contribution in [2.45, 2.75) is 6.04 Å². The monoisotopic (exact) mass is 229 g/mol. The first-order valence-electron chi connectivity index (χ1n) is 5.11. The Kier molecular flexibility index (Phi) is 2.27. The molecular weight excluding hydrogens is 218 g/mol. The molecule has 0 bridgehead atoms. The van der Waals surface area contributed by atoms with E-state index in [2.05, 4.69) is 18.2 Å². The molecule has 0 saturated carbocycles. The standard InChI is InChI=1S/C13H11NOS/c14-13(10-5-6-15-8-10)12-7-9-3-1-2-4-11(9)16-12/h1-8,13H,14H2. The minimum atomic E-state index is -0.0869. The highest BCUT2D eigenvalue weighted by molar-refractivity contribution is 7.19. The number of nitrogens with two attached hydrogens (primary N) is 1. The van der Waals surface area contributed by atoms with Crippen LogP contribution in [0.15, 0.2) is 53.3 Å². The van der Waals surface area contributed by atoms with Gasteiger partial charge in [-0.15, -0.1) is 11.3 Å². The minimum Gasteiger partial charge on any atom is -0.472 e. The van der Waals surface area contributed by atoms with Crippen molar-refractivity contribution >= 4 is 21.4 Å². The lowest BCUT2D eigenvalue weighted by Crippen LogP contribution is -2.08. The summed E-state index contributed by atoms with van der Waals surface area (Å²) in [6, 6.07) is 12.3. The van der Waals surface area contributed by atoms with E-state index >= 15 is 0 Å². The maximum Gasteiger partial charge on any atom is 0.0954 e. The number of hydrogen-bond acceptors (Lipinski definition) is 3. The predicted molar refractivity (Wildman–Crippen MR) is 66.6 cm³/mol. The van der Waals surface area contributed by atoms with E-state index in [1.807, 2.05) is 18.2 Å². The number of hydrogen-bond donors (Lipinski definition) is 1. The Balaban J connectivity index is 2.06. The maximum atomic E-state index is 6.18. The molecule has 1 unspecified atom stereocenters. The van der Waals surface area contributed by atoms with Crippen LogP contribution in [-0.4, -0.2) is 0 Å². The van der Waals surface area contributed by atoms with Crippen molar-refractivity contribution < 1.29 is 4.42 Å². The molecule has 0 aliphatic heterocycles. The van der Waals surface area contributed by atoms with E-state index in [4.69, 9.17) is 10.2 Å². The fourth-order valence-corrected chi connectivity index (χ4v) is 2.87. The smallest absolute Gasteiger partial charge is 0.0954 e. The van der Waals surface area contributed by atoms with Gasteiger partial charge in [0.15, 0.2) is 0 Å². The van der Waals surface area contributed by atoms with Gasteiger partial charge in [0.05, 0.1) is 18.6 Å². The van der Waals surface area contributed by atoms with Crippen LogP contribution < -0.4 is 5.73 Å². The molecule has 80 valence electrons. The van der Waals surface area contributed by atoms with Gasteiger partial charge >= 0.3 is 0 Å². The van der Waals surface area contributed by atoms with Crippen molar-refractivity contribution in [3.63, 3.8) is 0 Å². The molecule has 0 spiro atoms. The first-order chi connectivity index (χ1) is 7.84. The molecule has 0 amide bonds. The zero-order valence-electron chi connectivity index (χ0n) is 8.59. The van der Waals surface area contributed by atoms with Gasteiger partial charge in [0.1, 0.15) is 0 Å². The van der Waals surface area contributed by atoms with Gasteiger partial charge in [-0.05, 0) is 23.6 Å². The molecule has 0 aliphatic rings. The molecule has 0 aliphatic carbocycles. The van der Waals surface area contributed by atoms with E-state index < -0.39 is 0 Å². The Morgan fingerprint density at radius 1 is 1.19 bits per heavy atom. The second-order valence-electron chi connectivity index (χ2n) is 3.72. The third kappa shape index (κ3) is 1.54. The number of rotatable bonds is 2. The van der Waals surface area contributed by atoms with Gasteiger partial charge in [0.25, 0.3) is 0 Å². The van der Waals surface area contributed by atoms with Crippen LogP contribution in [0.5, 0.6) is 0 Å². The summed E-state index contributed by atoms with van der Waals surface area (Å²) in [7, 11) is 0. The maximum absolute atomic E-state index is 6.18. The van der Waals surface area contributed by atoms with E-state index in [1.165, 1.54) is 15.0 Å². The Morgan fingerprint density at radius 2 is 2.06 bits per heavy atom. The Labute approximate surface area is 97.3 Å². The van der Waals surface area contributed by atoms with Crippen molar-refractivity contribution in [3.05, 3.63) is 59.4 Å². The Hall–Kier alpha value is -1.58. The molecule has 2 heterocycles. The third-order valence-electron chi connectivity index (χ3n) is 2.65. The summed E-state index contributed by atoms with van der Waals surface area (Å²) >= 11 is 1.74. The molecule has 3 heteroatoms. The topological polar surface area (TPSA) is 39.2 Å². The van der Waals surface area contributed by atoms with Gasteiger partial charge in [-0.1, -0.05) is 18.2 Å². The highest BCUT2D eigenvalue weighted by atomic mass is 32.1. The number of thiophene rings is 1. The largest absolute Gasteiger partial charge is 0.472 e. The number of fused-ring (bicyclic) bond motifs is 1. The van der Waals surface area contributed by atoms with E-state index in [0.717, 1.165) is 5.56 Å². The highest BCUT2D eigenvalue weighted by Crippen LogP contribution is 2.31. The molecule has 1 aromatic carbocycles. The van der Waals surface area contributed by atoms with Gasteiger partial charge in [0, 0.05) is 15.1 Å². The van der Waals surface area contributed by atoms with Crippen LogP contribution in [0.25, 0.3) is 10.1 Å². The molecule has 1 atom stereocenters. The second-order valence-corrected chi connectivity index (χ2v) is 4.84. The lowest BCUT2D eigenvalue weighted by Gasteiger charge is -2.04. The first-order valence-corrected chi connectivity index (χ1v) is 5.92. The van der Waals surface area contributed by atoms with Crippen molar-refractivity contribution in [2.75, 3.05) is 0 Å². The molecule has 3 rings (SSSR count). The first kappa shape index (κ1) is 9.63.